The van der Waals surface area contributed by atoms with Crippen LogP contribution in [-0.4, -0.2) is 27.4 Å². The van der Waals surface area contributed by atoms with Crippen LogP contribution in [0.15, 0.2) is 516 Å². The molecular formula is C143H95N7. The van der Waals surface area contributed by atoms with Crippen molar-refractivity contribution in [3.8, 4) is 84.7 Å². The molecule has 0 spiro atoms. The minimum absolute atomic E-state index is 0. The summed E-state index contributed by atoms with van der Waals surface area (Å²) in [6, 6.07) is 191. The predicted octanol–water partition coefficient (Wildman–Crippen LogP) is 38.4. The Morgan fingerprint density at radius 1 is 0.167 bits per heavy atom. The number of rotatable bonds is 9. The molecule has 6 aromatic heterocycles. The van der Waals surface area contributed by atoms with Crippen molar-refractivity contribution in [2.45, 2.75) is 26.7 Å². The molecule has 0 amide bonds. The van der Waals surface area contributed by atoms with E-state index in [-0.39, 0.29) is 12.8 Å². The molecule has 702 valence electrons. The molecule has 31 aromatic rings. The maximum Gasteiger partial charge on any atom is 0.0992 e. The van der Waals surface area contributed by atoms with Crippen molar-refractivity contribution >= 4 is 195 Å². The lowest BCUT2D eigenvalue weighted by atomic mass is 9.82. The minimum Gasteiger partial charge on any atom is -0.309 e. The van der Waals surface area contributed by atoms with E-state index in [0.717, 1.165) is 16.7 Å². The van der Waals surface area contributed by atoms with Crippen molar-refractivity contribution in [3.05, 3.63) is 532 Å². The molecule has 7 nitrogen and oxygen atoms in total. The van der Waals surface area contributed by atoms with Gasteiger partial charge >= 0.3 is 0 Å². The van der Waals surface area contributed by atoms with E-state index in [9.17, 15) is 5.26 Å². The maximum absolute atomic E-state index is 9.54. The minimum atomic E-state index is -0.0523. The van der Waals surface area contributed by atoms with Gasteiger partial charge in [-0.15, -0.1) is 0 Å². The van der Waals surface area contributed by atoms with Gasteiger partial charge in [-0.05, 0) is 274 Å². The Labute approximate surface area is 865 Å². The number of aromatic nitrogens is 6. The average Bonchev–Trinajstić information content (AvgIpc) is 1.64. The van der Waals surface area contributed by atoms with E-state index in [1.807, 2.05) is 18.2 Å². The fourth-order valence-corrected chi connectivity index (χ4v) is 25.3. The third-order valence-electron chi connectivity index (χ3n) is 32.1. The van der Waals surface area contributed by atoms with Crippen LogP contribution in [0.5, 0.6) is 0 Å². The van der Waals surface area contributed by atoms with Crippen molar-refractivity contribution in [2.24, 2.45) is 0 Å². The number of benzene rings is 25. The monoisotopic (exact) mass is 1910 g/mol. The summed E-state index contributed by atoms with van der Waals surface area (Å²) in [6.45, 7) is 4.71. The van der Waals surface area contributed by atoms with Crippen LogP contribution in [0.2, 0.25) is 0 Å². The van der Waals surface area contributed by atoms with Gasteiger partial charge in [-0.25, -0.2) is 0 Å². The van der Waals surface area contributed by atoms with Gasteiger partial charge < -0.3 is 27.4 Å². The first-order valence-electron chi connectivity index (χ1n) is 51.4. The largest absolute Gasteiger partial charge is 0.309 e. The summed E-state index contributed by atoms with van der Waals surface area (Å²) < 4.78 is 14.4. The first kappa shape index (κ1) is 87.0. The lowest BCUT2D eigenvalue weighted by Gasteiger charge is -2.22. The Kier molecular flexibility index (Phi) is 19.9. The van der Waals surface area contributed by atoms with Gasteiger partial charge in [-0.2, -0.15) is 5.26 Å². The normalized spacial score (nSPS) is 12.3. The molecule has 6 heterocycles. The molecule has 25 aromatic carbocycles. The fourth-order valence-electron chi connectivity index (χ4n) is 25.3. The Morgan fingerprint density at radius 2 is 0.413 bits per heavy atom. The topological polar surface area (TPSA) is 53.4 Å². The number of hydrogen-bond donors (Lipinski definition) is 0. The van der Waals surface area contributed by atoms with Crippen LogP contribution < -0.4 is 0 Å². The summed E-state index contributed by atoms with van der Waals surface area (Å²) >= 11 is 0. The quantitative estimate of drug-likeness (QED) is 0.133. The second-order valence-corrected chi connectivity index (χ2v) is 40.4. The molecule has 1 aliphatic carbocycles. The third-order valence-corrected chi connectivity index (χ3v) is 32.1. The van der Waals surface area contributed by atoms with Gasteiger partial charge in [0.1, 0.15) is 0 Å². The molecule has 32 rings (SSSR count). The molecule has 7 heteroatoms. The van der Waals surface area contributed by atoms with Gasteiger partial charge in [0.05, 0.1) is 94.9 Å². The molecule has 0 unspecified atom stereocenters. The van der Waals surface area contributed by atoms with Crippen molar-refractivity contribution in [1.29, 1.82) is 5.26 Å². The molecule has 150 heavy (non-hydrogen) atoms. The van der Waals surface area contributed by atoms with Gasteiger partial charge in [0.15, 0.2) is 0 Å². The molecule has 0 bridgehead atoms. The molecule has 0 saturated heterocycles. The molecule has 0 saturated carbocycles. The number of hydrogen-bond acceptors (Lipinski definition) is 1. The molecule has 0 aliphatic heterocycles. The van der Waals surface area contributed by atoms with E-state index in [4.69, 9.17) is 0 Å². The summed E-state index contributed by atoms with van der Waals surface area (Å²) in [5.74, 6) is 0. The highest BCUT2D eigenvalue weighted by Gasteiger charge is 2.36. The fraction of sp³-hybridized carbons (Fsp3) is 0.0280. The van der Waals surface area contributed by atoms with Gasteiger partial charge in [0, 0.05) is 103 Å². The SMILES string of the molecule is C.CC1(C)c2ccccc2-c2ccc(-n3c4ccccc4c4cc(-c5ccc6c(c5)c5ccccc5n6-c5cccc6ccccc56)ccc43)cc21.N#Cc1cccc(-n2c3ccccc3c3cc(-c4ccc5c(c4)c4ccccc4n5-c4cccc5ccccc45)ccc32)c1.c1ccc2c(-n3c4ccccc4c4cc(-c5ccc6c(c5)c5ccccc5n6-c5ccc6c7ccccc7c7ccccc7c6c5)ccc43)cccc2c1. The van der Waals surface area contributed by atoms with Gasteiger partial charge in [-0.1, -0.05) is 367 Å². The molecule has 0 fully saturated rings. The molecule has 0 radical (unpaired) electrons. The second-order valence-electron chi connectivity index (χ2n) is 40.4. The zero-order valence-electron chi connectivity index (χ0n) is 81.7. The Bertz CT molecular complexity index is 11100. The van der Waals surface area contributed by atoms with E-state index in [0.29, 0.717) is 5.56 Å². The van der Waals surface area contributed by atoms with Gasteiger partial charge in [0.2, 0.25) is 0 Å². The molecule has 0 atom stereocenters. The van der Waals surface area contributed by atoms with E-state index < -0.39 is 0 Å². The lowest BCUT2D eigenvalue weighted by molar-refractivity contribution is 0.660. The van der Waals surface area contributed by atoms with Crippen LogP contribution in [0, 0.1) is 11.3 Å². The maximum atomic E-state index is 9.54. The molecular weight excluding hydrogens is 1820 g/mol. The van der Waals surface area contributed by atoms with Crippen LogP contribution >= 0.6 is 0 Å². The predicted molar refractivity (Wildman–Crippen MR) is 636 cm³/mol. The Morgan fingerprint density at radius 3 is 0.767 bits per heavy atom. The molecule has 0 N–H and O–H groups in total. The van der Waals surface area contributed by atoms with E-state index in [1.54, 1.807) is 0 Å². The smallest absolute Gasteiger partial charge is 0.0992 e. The highest BCUT2D eigenvalue weighted by molar-refractivity contribution is 6.27. The van der Waals surface area contributed by atoms with Crippen LogP contribution in [0.25, 0.3) is 274 Å². The van der Waals surface area contributed by atoms with Crippen LogP contribution in [-0.2, 0) is 5.41 Å². The zero-order valence-corrected chi connectivity index (χ0v) is 81.7. The zero-order chi connectivity index (χ0) is 98.4. The van der Waals surface area contributed by atoms with Crippen molar-refractivity contribution in [1.82, 2.24) is 27.4 Å². The third kappa shape index (κ3) is 13.4. The van der Waals surface area contributed by atoms with Crippen LogP contribution in [0.1, 0.15) is 38.0 Å². The number of para-hydroxylation sites is 6. The second kappa shape index (κ2) is 34.3. The Hall–Kier alpha value is -19.7. The van der Waals surface area contributed by atoms with Crippen molar-refractivity contribution < 1.29 is 0 Å². The number of nitrogens with zero attached hydrogens (tertiary/aromatic N) is 7. The first-order chi connectivity index (χ1) is 73.6. The number of nitriles is 1. The standard InChI is InChI=1S/C52H32N2.C49H34N2.C41H25N3.CH4/c1-2-14-37-33(12-1)13-11-23-48(37)54-50-22-10-8-20-44(50)47-31-35(25-29-52(47)54)34-24-28-51-46(30-34)43-19-7-9-21-49(43)53(51)36-26-27-42-40-17-4-3-15-38(40)39-16-5-6-18-41(39)45(42)32-36;1-49(2)42-18-8-5-15-36(42)37-25-24-34(30-43(37)49)50-45-19-9-6-16-38(45)40-28-32(22-26-47(40)50)33-23-27-48-41(29-33)39-17-7-10-20-46(39)51(48)44-21-11-13-31-12-3-4-14-35(31)44;42-26-27-9-7-12-31(23-27)43-38-16-5-3-14-33(38)35-24-29(19-21-40(35)43)30-20-22-41-36(25-30)34-15-4-6-17-39(34)44(41)37-18-8-11-28-10-1-2-13-32(28)37;/h1-32H;3-30H,1-2H3;1-25H;1H4. The number of fused-ring (bicyclic) bond motifs is 30. The van der Waals surface area contributed by atoms with Crippen LogP contribution in [0.4, 0.5) is 0 Å². The summed E-state index contributed by atoms with van der Waals surface area (Å²) in [4.78, 5) is 0. The summed E-state index contributed by atoms with van der Waals surface area (Å²) in [5.41, 5.74) is 34.7. The average molecular weight is 1910 g/mol. The summed E-state index contributed by atoms with van der Waals surface area (Å²) in [5, 5.41) is 39.7. The van der Waals surface area contributed by atoms with E-state index in [1.165, 1.54) is 269 Å². The molecule has 1 aliphatic rings. The highest BCUT2D eigenvalue weighted by atomic mass is 15.0. The highest BCUT2D eigenvalue weighted by Crippen LogP contribution is 2.52. The van der Waals surface area contributed by atoms with Crippen LogP contribution in [0.3, 0.4) is 0 Å². The van der Waals surface area contributed by atoms with Gasteiger partial charge in [-0.3, -0.25) is 0 Å². The van der Waals surface area contributed by atoms with E-state index >= 15 is 0 Å². The Balaban J connectivity index is 0.000000106. The van der Waals surface area contributed by atoms with E-state index in [2.05, 4.69) is 545 Å². The van der Waals surface area contributed by atoms with Crippen molar-refractivity contribution in [2.75, 3.05) is 0 Å². The van der Waals surface area contributed by atoms with Crippen molar-refractivity contribution in [3.63, 3.8) is 0 Å². The summed E-state index contributed by atoms with van der Waals surface area (Å²) in [6.07, 6.45) is 0. The lowest BCUT2D eigenvalue weighted by Crippen LogP contribution is -2.15. The van der Waals surface area contributed by atoms with Gasteiger partial charge in [0.25, 0.3) is 0 Å². The first-order valence-corrected chi connectivity index (χ1v) is 51.4. The summed E-state index contributed by atoms with van der Waals surface area (Å²) in [7, 11) is 0.